The minimum atomic E-state index is 0.811. The van der Waals surface area contributed by atoms with E-state index in [4.69, 9.17) is 0 Å². The summed E-state index contributed by atoms with van der Waals surface area (Å²) in [5, 5.41) is 2.96. The second-order valence-corrected chi connectivity index (χ2v) is 6.09. The third-order valence-electron chi connectivity index (χ3n) is 3.50. The van der Waals surface area contributed by atoms with Gasteiger partial charge in [0.05, 0.1) is 0 Å². The Morgan fingerprint density at radius 3 is 2.60 bits per heavy atom. The summed E-state index contributed by atoms with van der Waals surface area (Å²) in [5.74, 6) is 0.811. The smallest absolute Gasteiger partial charge is 0.0156 e. The van der Waals surface area contributed by atoms with E-state index in [2.05, 4.69) is 37.6 Å². The topological polar surface area (TPSA) is 0 Å². The highest BCUT2D eigenvalue weighted by Gasteiger charge is 2.20. The van der Waals surface area contributed by atoms with Crippen LogP contribution < -0.4 is 0 Å². The lowest BCUT2D eigenvalue weighted by Gasteiger charge is -2.27. The summed E-state index contributed by atoms with van der Waals surface area (Å²) < 4.78 is 0. The Morgan fingerprint density at radius 1 is 1.20 bits per heavy atom. The highest BCUT2D eigenvalue weighted by Crippen LogP contribution is 2.39. The van der Waals surface area contributed by atoms with Crippen molar-refractivity contribution in [3.05, 3.63) is 33.9 Å². The second kappa shape index (κ2) is 4.94. The maximum atomic E-state index is 2.93. The van der Waals surface area contributed by atoms with E-state index in [1.54, 1.807) is 5.57 Å². The lowest BCUT2D eigenvalue weighted by molar-refractivity contribution is 0.526. The standard InChI is InChI=1S/C13H20P2/c1-9-2-7-12(13(15)8-9)10-3-5-11(14)6-4-10/h5,8,10H,2-4,6-7,14-15H2,1H3. The summed E-state index contributed by atoms with van der Waals surface area (Å²) in [7, 11) is 5.78. The lowest BCUT2D eigenvalue weighted by Crippen LogP contribution is -2.10. The van der Waals surface area contributed by atoms with Gasteiger partial charge in [-0.15, -0.1) is 18.5 Å². The molecular formula is C13H20P2. The molecule has 15 heavy (non-hydrogen) atoms. The molecule has 0 aromatic heterocycles. The molecule has 0 bridgehead atoms. The van der Waals surface area contributed by atoms with E-state index in [-0.39, 0.29) is 0 Å². The first-order valence-corrected chi connectivity index (χ1v) is 6.92. The van der Waals surface area contributed by atoms with Crippen LogP contribution in [0.4, 0.5) is 0 Å². The Hall–Kier alpha value is 0.0800. The number of hydrogen-bond donors (Lipinski definition) is 0. The van der Waals surface area contributed by atoms with Crippen LogP contribution in [-0.4, -0.2) is 0 Å². The van der Waals surface area contributed by atoms with Crippen LogP contribution in [-0.2, 0) is 0 Å². The quantitative estimate of drug-likeness (QED) is 0.593. The molecule has 0 aromatic rings. The molecule has 0 saturated heterocycles. The molecule has 0 N–H and O–H groups in total. The molecule has 0 spiro atoms. The third kappa shape index (κ3) is 2.80. The van der Waals surface area contributed by atoms with Gasteiger partial charge in [-0.3, -0.25) is 0 Å². The summed E-state index contributed by atoms with van der Waals surface area (Å²) >= 11 is 0. The van der Waals surface area contributed by atoms with Crippen LogP contribution in [0.5, 0.6) is 0 Å². The average Bonchev–Trinajstić information content (AvgIpc) is 2.20. The van der Waals surface area contributed by atoms with Gasteiger partial charge in [0.2, 0.25) is 0 Å². The predicted molar refractivity (Wildman–Crippen MR) is 74.9 cm³/mol. The van der Waals surface area contributed by atoms with Crippen molar-refractivity contribution in [2.75, 3.05) is 0 Å². The molecule has 2 aliphatic rings. The van der Waals surface area contributed by atoms with E-state index in [0.717, 1.165) is 5.92 Å². The van der Waals surface area contributed by atoms with Crippen molar-refractivity contribution in [1.82, 2.24) is 0 Å². The Labute approximate surface area is 97.7 Å². The van der Waals surface area contributed by atoms with Crippen LogP contribution in [0.3, 0.4) is 0 Å². The van der Waals surface area contributed by atoms with E-state index < -0.39 is 0 Å². The molecular weight excluding hydrogens is 218 g/mol. The number of allylic oxidation sites excluding steroid dienone is 6. The van der Waals surface area contributed by atoms with Gasteiger partial charge < -0.3 is 0 Å². The lowest BCUT2D eigenvalue weighted by atomic mass is 9.82. The van der Waals surface area contributed by atoms with Gasteiger partial charge in [-0.1, -0.05) is 28.6 Å². The molecule has 2 rings (SSSR count). The number of rotatable bonds is 1. The third-order valence-corrected chi connectivity index (χ3v) is 4.56. The Morgan fingerprint density at radius 2 is 2.00 bits per heavy atom. The molecule has 0 heterocycles. The van der Waals surface area contributed by atoms with Gasteiger partial charge >= 0.3 is 0 Å². The number of hydrogen-bond acceptors (Lipinski definition) is 0. The molecule has 82 valence electrons. The van der Waals surface area contributed by atoms with Crippen molar-refractivity contribution in [2.24, 2.45) is 5.92 Å². The first-order chi connectivity index (χ1) is 7.16. The van der Waals surface area contributed by atoms with Crippen LogP contribution in [0, 0.1) is 5.92 Å². The Balaban J connectivity index is 2.15. The molecule has 0 saturated carbocycles. The summed E-state index contributed by atoms with van der Waals surface area (Å²) in [6, 6.07) is 0. The SMILES string of the molecule is CC1=CC(P)=C(C2CC=C(P)CC2)CC1. The highest BCUT2D eigenvalue weighted by molar-refractivity contribution is 7.23. The van der Waals surface area contributed by atoms with Crippen molar-refractivity contribution >= 4 is 18.5 Å². The minimum Gasteiger partial charge on any atom is -0.110 e. The van der Waals surface area contributed by atoms with Gasteiger partial charge in [-0.05, 0) is 50.3 Å². The van der Waals surface area contributed by atoms with Gasteiger partial charge in [0.25, 0.3) is 0 Å². The zero-order valence-corrected chi connectivity index (χ0v) is 11.7. The van der Waals surface area contributed by atoms with Crippen molar-refractivity contribution in [3.63, 3.8) is 0 Å². The minimum absolute atomic E-state index is 0.811. The molecule has 0 aliphatic heterocycles. The van der Waals surface area contributed by atoms with E-state index in [1.165, 1.54) is 48.3 Å². The Kier molecular flexibility index (Phi) is 3.81. The van der Waals surface area contributed by atoms with Gasteiger partial charge in [-0.2, -0.15) is 0 Å². The summed E-state index contributed by atoms with van der Waals surface area (Å²) in [5.41, 5.74) is 3.22. The van der Waals surface area contributed by atoms with E-state index in [1.807, 2.05) is 0 Å². The second-order valence-electron chi connectivity index (χ2n) is 4.72. The Bertz CT molecular complexity index is 348. The molecule has 2 heteroatoms. The molecule has 2 aliphatic carbocycles. The normalized spacial score (nSPS) is 27.5. The summed E-state index contributed by atoms with van der Waals surface area (Å²) in [6.45, 7) is 2.24. The molecule has 0 aromatic carbocycles. The summed E-state index contributed by atoms with van der Waals surface area (Å²) in [4.78, 5) is 0. The fourth-order valence-corrected chi connectivity index (χ4v) is 3.48. The van der Waals surface area contributed by atoms with Gasteiger partial charge in [-0.25, -0.2) is 0 Å². The fourth-order valence-electron chi connectivity index (χ4n) is 2.52. The van der Waals surface area contributed by atoms with Crippen molar-refractivity contribution in [1.29, 1.82) is 0 Å². The highest BCUT2D eigenvalue weighted by atomic mass is 31.0. The molecule has 0 radical (unpaired) electrons. The van der Waals surface area contributed by atoms with E-state index >= 15 is 0 Å². The maximum absolute atomic E-state index is 2.93. The van der Waals surface area contributed by atoms with Crippen molar-refractivity contribution in [2.45, 2.75) is 39.0 Å². The molecule has 0 fully saturated rings. The van der Waals surface area contributed by atoms with Crippen LogP contribution in [0.2, 0.25) is 0 Å². The van der Waals surface area contributed by atoms with Gasteiger partial charge in [0.15, 0.2) is 0 Å². The van der Waals surface area contributed by atoms with Crippen LogP contribution >= 0.6 is 18.5 Å². The van der Waals surface area contributed by atoms with Crippen LogP contribution in [0.15, 0.2) is 33.9 Å². The van der Waals surface area contributed by atoms with Gasteiger partial charge in [0.1, 0.15) is 0 Å². The molecule has 3 atom stereocenters. The van der Waals surface area contributed by atoms with E-state index in [9.17, 15) is 0 Å². The van der Waals surface area contributed by atoms with Gasteiger partial charge in [0, 0.05) is 0 Å². The van der Waals surface area contributed by atoms with E-state index in [0.29, 0.717) is 0 Å². The fraction of sp³-hybridized carbons (Fsp3) is 0.538. The summed E-state index contributed by atoms with van der Waals surface area (Å²) in [6.07, 6.45) is 11.2. The largest absolute Gasteiger partial charge is 0.110 e. The maximum Gasteiger partial charge on any atom is -0.0156 e. The molecule has 0 nitrogen and oxygen atoms in total. The molecule has 3 unspecified atom stereocenters. The average molecular weight is 238 g/mol. The monoisotopic (exact) mass is 238 g/mol. The first-order valence-electron chi connectivity index (χ1n) is 5.77. The predicted octanol–water partition coefficient (Wildman–Crippen LogP) is 4.41. The zero-order chi connectivity index (χ0) is 10.8. The van der Waals surface area contributed by atoms with Crippen molar-refractivity contribution < 1.29 is 0 Å². The van der Waals surface area contributed by atoms with Crippen LogP contribution in [0.1, 0.15) is 39.0 Å². The molecule has 0 amide bonds. The van der Waals surface area contributed by atoms with Crippen LogP contribution in [0.25, 0.3) is 0 Å². The van der Waals surface area contributed by atoms with Crippen molar-refractivity contribution in [3.8, 4) is 0 Å². The first kappa shape index (κ1) is 11.6. The zero-order valence-electron chi connectivity index (χ0n) is 9.42.